The van der Waals surface area contributed by atoms with Crippen LogP contribution in [0.15, 0.2) is 30.3 Å². The molecular weight excluding hydrogens is 256 g/mol. The van der Waals surface area contributed by atoms with Crippen LogP contribution in [-0.2, 0) is 0 Å². The van der Waals surface area contributed by atoms with Crippen LogP contribution in [0.2, 0.25) is 0 Å². The molecule has 1 aromatic carbocycles. The lowest BCUT2D eigenvalue weighted by atomic mass is 9.87. The highest BCUT2D eigenvalue weighted by atomic mass is 15.3. The van der Waals surface area contributed by atoms with Crippen molar-refractivity contribution in [1.82, 2.24) is 10.2 Å². The first-order valence-electron chi connectivity index (χ1n) is 8.73. The summed E-state index contributed by atoms with van der Waals surface area (Å²) >= 11 is 0. The van der Waals surface area contributed by atoms with Gasteiger partial charge in [0.25, 0.3) is 0 Å². The lowest BCUT2D eigenvalue weighted by Crippen LogP contribution is -2.62. The molecule has 4 rings (SSSR count). The highest BCUT2D eigenvalue weighted by molar-refractivity contribution is 5.22. The van der Waals surface area contributed by atoms with Gasteiger partial charge in [0, 0.05) is 30.7 Å². The van der Waals surface area contributed by atoms with Crippen LogP contribution in [0.5, 0.6) is 0 Å². The average molecular weight is 284 g/mol. The van der Waals surface area contributed by atoms with E-state index in [1.165, 1.54) is 37.8 Å². The molecule has 1 aromatic rings. The summed E-state index contributed by atoms with van der Waals surface area (Å²) in [5.41, 5.74) is 1.82. The molecule has 3 aliphatic rings. The van der Waals surface area contributed by atoms with Gasteiger partial charge in [-0.15, -0.1) is 0 Å². The molecule has 0 amide bonds. The Bertz CT molecular complexity index is 492. The standard InChI is InChI=1S/C19H28N2/c1-14(15-8-9-15)21-13-19(2,17-10-11-17)20-12-18(21)16-6-4-3-5-7-16/h3-7,14-15,17-18,20H,8-13H2,1-2H3. The molecule has 0 aromatic heterocycles. The first kappa shape index (κ1) is 13.8. The van der Waals surface area contributed by atoms with Gasteiger partial charge in [-0.1, -0.05) is 30.3 Å². The third-order valence-electron chi connectivity index (χ3n) is 6.10. The third kappa shape index (κ3) is 2.64. The predicted octanol–water partition coefficient (Wildman–Crippen LogP) is 3.60. The minimum absolute atomic E-state index is 0.342. The van der Waals surface area contributed by atoms with Crippen LogP contribution in [0.4, 0.5) is 0 Å². The summed E-state index contributed by atoms with van der Waals surface area (Å²) in [6.45, 7) is 7.24. The van der Waals surface area contributed by atoms with Gasteiger partial charge in [-0.05, 0) is 56.9 Å². The number of hydrogen-bond donors (Lipinski definition) is 1. The van der Waals surface area contributed by atoms with Gasteiger partial charge in [-0.3, -0.25) is 4.90 Å². The Labute approximate surface area is 128 Å². The van der Waals surface area contributed by atoms with Crippen molar-refractivity contribution >= 4 is 0 Å². The van der Waals surface area contributed by atoms with Gasteiger partial charge in [0.1, 0.15) is 0 Å². The summed E-state index contributed by atoms with van der Waals surface area (Å²) in [6, 6.07) is 12.4. The smallest absolute Gasteiger partial charge is 0.0476 e. The minimum atomic E-state index is 0.342. The van der Waals surface area contributed by atoms with E-state index in [2.05, 4.69) is 54.4 Å². The molecule has 0 bridgehead atoms. The summed E-state index contributed by atoms with van der Waals surface area (Å²) in [5, 5.41) is 3.91. The van der Waals surface area contributed by atoms with Gasteiger partial charge in [-0.2, -0.15) is 0 Å². The second-order valence-electron chi connectivity index (χ2n) is 7.75. The van der Waals surface area contributed by atoms with Crippen LogP contribution in [-0.4, -0.2) is 29.6 Å². The Morgan fingerprint density at radius 3 is 2.48 bits per heavy atom. The molecule has 2 heteroatoms. The minimum Gasteiger partial charge on any atom is -0.308 e. The SMILES string of the molecule is CC(C1CC1)N1CC(C)(C2CC2)NCC1c1ccccc1. The van der Waals surface area contributed by atoms with Crippen LogP contribution in [0, 0.1) is 11.8 Å². The highest BCUT2D eigenvalue weighted by Gasteiger charge is 2.48. The van der Waals surface area contributed by atoms with Crippen LogP contribution in [0.3, 0.4) is 0 Å². The second kappa shape index (κ2) is 5.10. The zero-order valence-electron chi connectivity index (χ0n) is 13.4. The van der Waals surface area contributed by atoms with Crippen molar-refractivity contribution in [1.29, 1.82) is 0 Å². The van der Waals surface area contributed by atoms with E-state index in [1.807, 2.05) is 0 Å². The zero-order valence-corrected chi connectivity index (χ0v) is 13.4. The van der Waals surface area contributed by atoms with Gasteiger partial charge in [-0.25, -0.2) is 0 Å². The Morgan fingerprint density at radius 2 is 1.86 bits per heavy atom. The number of hydrogen-bond acceptors (Lipinski definition) is 2. The predicted molar refractivity (Wildman–Crippen MR) is 87.2 cm³/mol. The Morgan fingerprint density at radius 1 is 1.14 bits per heavy atom. The van der Waals surface area contributed by atoms with E-state index in [4.69, 9.17) is 0 Å². The van der Waals surface area contributed by atoms with Crippen molar-refractivity contribution in [3.05, 3.63) is 35.9 Å². The van der Waals surface area contributed by atoms with E-state index in [1.54, 1.807) is 0 Å². The van der Waals surface area contributed by atoms with Crippen LogP contribution < -0.4 is 5.32 Å². The molecule has 2 nitrogen and oxygen atoms in total. The summed E-state index contributed by atoms with van der Waals surface area (Å²) in [6.07, 6.45) is 5.72. The van der Waals surface area contributed by atoms with Crippen molar-refractivity contribution in [2.75, 3.05) is 13.1 Å². The van der Waals surface area contributed by atoms with Crippen LogP contribution in [0.1, 0.15) is 51.1 Å². The first-order chi connectivity index (χ1) is 10.2. The first-order valence-corrected chi connectivity index (χ1v) is 8.73. The molecule has 2 saturated carbocycles. The van der Waals surface area contributed by atoms with Crippen molar-refractivity contribution in [3.8, 4) is 0 Å². The average Bonchev–Trinajstić information content (AvgIpc) is 3.40. The number of benzene rings is 1. The molecule has 0 spiro atoms. The van der Waals surface area contributed by atoms with E-state index < -0.39 is 0 Å². The Balaban J connectivity index is 1.60. The van der Waals surface area contributed by atoms with Gasteiger partial charge in [0.05, 0.1) is 0 Å². The molecule has 1 saturated heterocycles. The fourth-order valence-electron chi connectivity index (χ4n) is 4.25. The van der Waals surface area contributed by atoms with Crippen LogP contribution in [0.25, 0.3) is 0 Å². The van der Waals surface area contributed by atoms with Crippen molar-refractivity contribution in [2.24, 2.45) is 11.8 Å². The zero-order chi connectivity index (χ0) is 14.4. The molecule has 3 fully saturated rings. The molecule has 114 valence electrons. The molecule has 0 radical (unpaired) electrons. The number of nitrogens with zero attached hydrogens (tertiary/aromatic N) is 1. The highest BCUT2D eigenvalue weighted by Crippen LogP contribution is 2.45. The largest absolute Gasteiger partial charge is 0.308 e. The van der Waals surface area contributed by atoms with Crippen LogP contribution >= 0.6 is 0 Å². The van der Waals surface area contributed by atoms with E-state index in [0.29, 0.717) is 11.6 Å². The second-order valence-corrected chi connectivity index (χ2v) is 7.75. The monoisotopic (exact) mass is 284 g/mol. The Hall–Kier alpha value is -0.860. The normalized spacial score (nSPS) is 35.6. The summed E-state index contributed by atoms with van der Waals surface area (Å²) in [7, 11) is 0. The number of piperazine rings is 1. The van der Waals surface area contributed by atoms with Crippen molar-refractivity contribution < 1.29 is 0 Å². The summed E-state index contributed by atoms with van der Waals surface area (Å²) < 4.78 is 0. The molecule has 1 aliphatic heterocycles. The molecule has 1 heterocycles. The lowest BCUT2D eigenvalue weighted by molar-refractivity contribution is 0.0358. The fraction of sp³-hybridized carbons (Fsp3) is 0.684. The maximum absolute atomic E-state index is 3.91. The third-order valence-corrected chi connectivity index (χ3v) is 6.10. The maximum atomic E-state index is 3.91. The van der Waals surface area contributed by atoms with E-state index in [9.17, 15) is 0 Å². The van der Waals surface area contributed by atoms with Crippen molar-refractivity contribution in [3.63, 3.8) is 0 Å². The van der Waals surface area contributed by atoms with Gasteiger partial charge >= 0.3 is 0 Å². The molecule has 1 N–H and O–H groups in total. The maximum Gasteiger partial charge on any atom is 0.0476 e. The van der Waals surface area contributed by atoms with Crippen molar-refractivity contribution in [2.45, 2.75) is 57.2 Å². The lowest BCUT2D eigenvalue weighted by Gasteiger charge is -2.49. The molecule has 2 aliphatic carbocycles. The molecule has 3 atom stereocenters. The number of nitrogens with one attached hydrogen (secondary N) is 1. The fourth-order valence-corrected chi connectivity index (χ4v) is 4.25. The van der Waals surface area contributed by atoms with E-state index in [0.717, 1.165) is 24.4 Å². The summed E-state index contributed by atoms with van der Waals surface area (Å²) in [4.78, 5) is 2.82. The molecule has 3 unspecified atom stereocenters. The van der Waals surface area contributed by atoms with E-state index >= 15 is 0 Å². The van der Waals surface area contributed by atoms with E-state index in [-0.39, 0.29) is 0 Å². The molecular formula is C19H28N2. The Kier molecular flexibility index (Phi) is 3.35. The van der Waals surface area contributed by atoms with Gasteiger partial charge in [0.15, 0.2) is 0 Å². The van der Waals surface area contributed by atoms with Gasteiger partial charge < -0.3 is 5.32 Å². The topological polar surface area (TPSA) is 15.3 Å². The van der Waals surface area contributed by atoms with Gasteiger partial charge in [0.2, 0.25) is 0 Å². The summed E-state index contributed by atoms with van der Waals surface area (Å²) in [5.74, 6) is 1.85. The quantitative estimate of drug-likeness (QED) is 0.909. The number of rotatable bonds is 4. The molecule has 21 heavy (non-hydrogen) atoms.